The standard InChI is InChI=1S/C14H21BFN5O2.ClH/c16-12-6-4-11(5-7-12)8-10-21-14(18-19-20-21)13(17)3-1-2-9-15(22)23;/h4-7,13,22-23H,1-3,8-10,17H2;1H. The van der Waals surface area contributed by atoms with Gasteiger partial charge in [0.2, 0.25) is 0 Å². The largest absolute Gasteiger partial charge is 0.451 e. The highest BCUT2D eigenvalue weighted by Crippen LogP contribution is 2.15. The molecule has 0 saturated carbocycles. The van der Waals surface area contributed by atoms with Crippen LogP contribution >= 0.6 is 12.4 Å². The Morgan fingerprint density at radius 1 is 1.21 bits per heavy atom. The van der Waals surface area contributed by atoms with Gasteiger partial charge in [0, 0.05) is 6.54 Å². The molecule has 0 bridgehead atoms. The summed E-state index contributed by atoms with van der Waals surface area (Å²) in [6, 6.07) is 6.03. The summed E-state index contributed by atoms with van der Waals surface area (Å²) in [6.45, 7) is 0.566. The van der Waals surface area contributed by atoms with E-state index in [0.717, 1.165) is 12.0 Å². The van der Waals surface area contributed by atoms with Crippen LogP contribution in [0.4, 0.5) is 4.39 Å². The fourth-order valence-corrected chi connectivity index (χ4v) is 2.34. The Bertz CT molecular complexity index is 599. The number of tetrazole rings is 1. The van der Waals surface area contributed by atoms with Crippen LogP contribution in [-0.4, -0.2) is 37.4 Å². The molecule has 2 aromatic rings. The molecule has 24 heavy (non-hydrogen) atoms. The lowest BCUT2D eigenvalue weighted by atomic mass is 9.83. The topological polar surface area (TPSA) is 110 Å². The molecular formula is C14H22BClFN5O2. The van der Waals surface area contributed by atoms with E-state index in [0.29, 0.717) is 38.0 Å². The van der Waals surface area contributed by atoms with Crippen molar-refractivity contribution >= 4 is 19.5 Å². The summed E-state index contributed by atoms with van der Waals surface area (Å²) in [5.74, 6) is 0.350. The molecule has 7 nitrogen and oxygen atoms in total. The summed E-state index contributed by atoms with van der Waals surface area (Å²) in [5, 5.41) is 29.2. The molecule has 0 amide bonds. The summed E-state index contributed by atoms with van der Waals surface area (Å²) in [4.78, 5) is 0. The fourth-order valence-electron chi connectivity index (χ4n) is 2.34. The smallest absolute Gasteiger partial charge is 0.427 e. The molecular weight excluding hydrogens is 335 g/mol. The number of aryl methyl sites for hydroxylation is 2. The number of nitrogens with two attached hydrogens (primary N) is 1. The van der Waals surface area contributed by atoms with E-state index >= 15 is 0 Å². The Hall–Kier alpha value is -1.55. The molecule has 2 rings (SSSR count). The maximum atomic E-state index is 12.9. The van der Waals surface area contributed by atoms with Gasteiger partial charge in [0.25, 0.3) is 0 Å². The Kier molecular flexibility index (Phi) is 8.84. The molecule has 132 valence electrons. The summed E-state index contributed by atoms with van der Waals surface area (Å²) in [5.41, 5.74) is 7.11. The molecule has 0 fully saturated rings. The number of halogens is 2. The molecule has 0 spiro atoms. The average Bonchev–Trinajstić information content (AvgIpc) is 2.99. The molecule has 1 aromatic heterocycles. The van der Waals surface area contributed by atoms with Crippen molar-refractivity contribution in [3.05, 3.63) is 41.5 Å². The normalized spacial score (nSPS) is 11.8. The van der Waals surface area contributed by atoms with E-state index in [4.69, 9.17) is 15.8 Å². The van der Waals surface area contributed by atoms with Gasteiger partial charge in [0.1, 0.15) is 5.82 Å². The van der Waals surface area contributed by atoms with Gasteiger partial charge in [-0.05, 0) is 47.3 Å². The second-order valence-electron chi connectivity index (χ2n) is 5.51. The number of unbranched alkanes of at least 4 members (excludes halogenated alkanes) is 1. The van der Waals surface area contributed by atoms with E-state index in [2.05, 4.69) is 15.5 Å². The Labute approximate surface area is 146 Å². The van der Waals surface area contributed by atoms with Crippen molar-refractivity contribution in [1.82, 2.24) is 20.2 Å². The van der Waals surface area contributed by atoms with Crippen LogP contribution in [0.1, 0.15) is 36.7 Å². The highest BCUT2D eigenvalue weighted by atomic mass is 35.5. The number of rotatable bonds is 9. The highest BCUT2D eigenvalue weighted by Gasteiger charge is 2.15. The molecule has 1 atom stereocenters. The minimum atomic E-state index is -1.27. The molecule has 10 heteroatoms. The van der Waals surface area contributed by atoms with Gasteiger partial charge in [-0.1, -0.05) is 25.0 Å². The zero-order valence-corrected chi connectivity index (χ0v) is 14.1. The molecule has 0 aliphatic rings. The van der Waals surface area contributed by atoms with Gasteiger partial charge in [-0.15, -0.1) is 17.5 Å². The molecule has 0 radical (unpaired) electrons. The first-order chi connectivity index (χ1) is 11.1. The zero-order chi connectivity index (χ0) is 16.7. The van der Waals surface area contributed by atoms with Gasteiger partial charge in [-0.2, -0.15) is 0 Å². The van der Waals surface area contributed by atoms with Crippen molar-refractivity contribution in [2.24, 2.45) is 5.73 Å². The predicted molar refractivity (Wildman–Crippen MR) is 90.9 cm³/mol. The Morgan fingerprint density at radius 2 is 1.92 bits per heavy atom. The number of hydrogen-bond acceptors (Lipinski definition) is 6. The molecule has 4 N–H and O–H groups in total. The highest BCUT2D eigenvalue weighted by molar-refractivity contribution is 6.40. The minimum absolute atomic E-state index is 0. The first-order valence-corrected chi connectivity index (χ1v) is 7.68. The molecule has 1 aromatic carbocycles. The molecule has 1 heterocycles. The van der Waals surface area contributed by atoms with Crippen molar-refractivity contribution in [1.29, 1.82) is 0 Å². The van der Waals surface area contributed by atoms with E-state index in [-0.39, 0.29) is 24.3 Å². The van der Waals surface area contributed by atoms with Crippen LogP contribution in [0.15, 0.2) is 24.3 Å². The van der Waals surface area contributed by atoms with E-state index in [1.165, 1.54) is 12.1 Å². The zero-order valence-electron chi connectivity index (χ0n) is 13.3. The third-order valence-electron chi connectivity index (χ3n) is 3.64. The van der Waals surface area contributed by atoms with Crippen LogP contribution < -0.4 is 5.73 Å². The maximum Gasteiger partial charge on any atom is 0.451 e. The number of aromatic nitrogens is 4. The van der Waals surface area contributed by atoms with Crippen molar-refractivity contribution in [2.75, 3.05) is 0 Å². The third-order valence-corrected chi connectivity index (χ3v) is 3.64. The van der Waals surface area contributed by atoms with Gasteiger partial charge >= 0.3 is 7.12 Å². The van der Waals surface area contributed by atoms with Crippen molar-refractivity contribution in [3.63, 3.8) is 0 Å². The lowest BCUT2D eigenvalue weighted by Crippen LogP contribution is -2.18. The SMILES string of the molecule is Cl.NC(CCCCB(O)O)c1nnnn1CCc1ccc(F)cc1. The first kappa shape index (κ1) is 20.5. The Balaban J connectivity index is 0.00000288. The van der Waals surface area contributed by atoms with Crippen LogP contribution in [0.5, 0.6) is 0 Å². The summed E-state index contributed by atoms with van der Waals surface area (Å²) < 4.78 is 14.5. The van der Waals surface area contributed by atoms with Crippen LogP contribution in [0.25, 0.3) is 0 Å². The Morgan fingerprint density at radius 3 is 2.58 bits per heavy atom. The van der Waals surface area contributed by atoms with Crippen molar-refractivity contribution in [2.45, 2.75) is 44.6 Å². The number of hydrogen-bond donors (Lipinski definition) is 3. The van der Waals surface area contributed by atoms with E-state index in [9.17, 15) is 4.39 Å². The quantitative estimate of drug-likeness (QED) is 0.458. The number of nitrogens with zero attached hydrogens (tertiary/aromatic N) is 4. The number of benzene rings is 1. The maximum absolute atomic E-state index is 12.9. The molecule has 1 unspecified atom stereocenters. The van der Waals surface area contributed by atoms with Crippen LogP contribution in [0.3, 0.4) is 0 Å². The molecule has 0 saturated heterocycles. The predicted octanol–water partition coefficient (Wildman–Crippen LogP) is 1.12. The van der Waals surface area contributed by atoms with Gasteiger partial charge in [-0.3, -0.25) is 0 Å². The van der Waals surface area contributed by atoms with Gasteiger partial charge < -0.3 is 15.8 Å². The van der Waals surface area contributed by atoms with Crippen LogP contribution in [0, 0.1) is 5.82 Å². The minimum Gasteiger partial charge on any atom is -0.427 e. The average molecular weight is 358 g/mol. The van der Waals surface area contributed by atoms with E-state index < -0.39 is 7.12 Å². The monoisotopic (exact) mass is 357 g/mol. The van der Waals surface area contributed by atoms with Gasteiger partial charge in [-0.25, -0.2) is 9.07 Å². The molecule has 0 aliphatic carbocycles. The van der Waals surface area contributed by atoms with Crippen LogP contribution in [0.2, 0.25) is 6.32 Å². The van der Waals surface area contributed by atoms with Gasteiger partial charge in [0.05, 0.1) is 6.04 Å². The molecule has 0 aliphatic heterocycles. The lowest BCUT2D eigenvalue weighted by Gasteiger charge is -2.11. The lowest BCUT2D eigenvalue weighted by molar-refractivity contribution is 0.400. The summed E-state index contributed by atoms with van der Waals surface area (Å²) >= 11 is 0. The van der Waals surface area contributed by atoms with E-state index in [1.807, 2.05) is 0 Å². The first-order valence-electron chi connectivity index (χ1n) is 7.68. The third kappa shape index (κ3) is 6.52. The van der Waals surface area contributed by atoms with Crippen LogP contribution in [-0.2, 0) is 13.0 Å². The second kappa shape index (κ2) is 10.3. The van der Waals surface area contributed by atoms with Crippen molar-refractivity contribution < 1.29 is 14.4 Å². The van der Waals surface area contributed by atoms with E-state index in [1.54, 1.807) is 16.8 Å². The van der Waals surface area contributed by atoms with Gasteiger partial charge in [0.15, 0.2) is 5.82 Å². The van der Waals surface area contributed by atoms with Crippen molar-refractivity contribution in [3.8, 4) is 0 Å². The summed E-state index contributed by atoms with van der Waals surface area (Å²) in [7, 11) is -1.27. The summed E-state index contributed by atoms with van der Waals surface area (Å²) in [6.07, 6.45) is 3.14. The fraction of sp³-hybridized carbons (Fsp3) is 0.500. The second-order valence-corrected chi connectivity index (χ2v) is 5.51.